The summed E-state index contributed by atoms with van der Waals surface area (Å²) in [5, 5.41) is 0. The molecule has 0 aromatic heterocycles. The first-order valence-electron chi connectivity index (χ1n) is 4.43. The molecule has 0 nitrogen and oxygen atoms in total. The molecule has 66 valence electrons. The van der Waals surface area contributed by atoms with Crippen LogP contribution in [0.4, 0.5) is 0 Å². The number of benzene rings is 1. The summed E-state index contributed by atoms with van der Waals surface area (Å²) >= 11 is 2.37. The van der Waals surface area contributed by atoms with Gasteiger partial charge in [0.25, 0.3) is 0 Å². The van der Waals surface area contributed by atoms with E-state index in [1.54, 1.807) is 0 Å². The minimum atomic E-state index is 0.648. The smallest absolute Gasteiger partial charge is 0.0133 e. The molecule has 0 spiro atoms. The Hall–Kier alpha value is -0.0500. The fraction of sp³-hybridized carbons (Fsp3) is 0.455. The molecule has 12 heavy (non-hydrogen) atoms. The van der Waals surface area contributed by atoms with E-state index in [2.05, 4.69) is 61.6 Å². The van der Waals surface area contributed by atoms with Crippen molar-refractivity contribution in [2.24, 2.45) is 0 Å². The number of aryl methyl sites for hydroxylation is 1. The third-order valence-corrected chi connectivity index (χ3v) is 2.78. The maximum absolute atomic E-state index is 2.37. The first-order valence-corrected chi connectivity index (χ1v) is 5.51. The predicted octanol–water partition coefficient (Wildman–Crippen LogP) is 3.98. The molecule has 0 atom stereocenters. The van der Waals surface area contributed by atoms with Crippen LogP contribution in [0.5, 0.6) is 0 Å². The van der Waals surface area contributed by atoms with E-state index in [0.717, 1.165) is 6.42 Å². The Kier molecular flexibility index (Phi) is 3.56. The van der Waals surface area contributed by atoms with Crippen LogP contribution in [0.3, 0.4) is 0 Å². The first kappa shape index (κ1) is 10.0. The van der Waals surface area contributed by atoms with Crippen LogP contribution in [0.1, 0.15) is 37.8 Å². The zero-order valence-electron chi connectivity index (χ0n) is 7.89. The molecule has 0 aliphatic heterocycles. The van der Waals surface area contributed by atoms with Crippen molar-refractivity contribution in [3.05, 3.63) is 32.9 Å². The minimum absolute atomic E-state index is 0.648. The van der Waals surface area contributed by atoms with Crippen molar-refractivity contribution < 1.29 is 0 Å². The molecule has 0 amide bonds. The van der Waals surface area contributed by atoms with Crippen LogP contribution < -0.4 is 0 Å². The lowest BCUT2D eigenvalue weighted by Gasteiger charge is -2.11. The molecule has 0 bridgehead atoms. The molecule has 1 aromatic carbocycles. The second-order valence-electron chi connectivity index (χ2n) is 3.35. The molecule has 0 aliphatic carbocycles. The Morgan fingerprint density at radius 3 is 2.50 bits per heavy atom. The van der Waals surface area contributed by atoms with E-state index in [4.69, 9.17) is 0 Å². The van der Waals surface area contributed by atoms with Crippen molar-refractivity contribution in [1.29, 1.82) is 0 Å². The Morgan fingerprint density at radius 2 is 2.00 bits per heavy atom. The summed E-state index contributed by atoms with van der Waals surface area (Å²) in [6, 6.07) is 6.73. The second-order valence-corrected chi connectivity index (χ2v) is 4.60. The second kappa shape index (κ2) is 4.26. The summed E-state index contributed by atoms with van der Waals surface area (Å²) < 4.78 is 1.34. The highest BCUT2D eigenvalue weighted by molar-refractivity contribution is 14.1. The largest absolute Gasteiger partial charge is 0.0613 e. The van der Waals surface area contributed by atoms with E-state index in [1.165, 1.54) is 14.7 Å². The fourth-order valence-corrected chi connectivity index (χ4v) is 1.94. The molecule has 0 radical (unpaired) electrons. The molecular formula is C11H15I. The van der Waals surface area contributed by atoms with E-state index in [1.807, 2.05) is 0 Å². The van der Waals surface area contributed by atoms with Crippen molar-refractivity contribution in [3.63, 3.8) is 0 Å². The molecule has 0 aliphatic rings. The molecule has 0 fully saturated rings. The van der Waals surface area contributed by atoms with Crippen LogP contribution in [0, 0.1) is 3.57 Å². The molecule has 1 heteroatoms. The zero-order valence-corrected chi connectivity index (χ0v) is 10.1. The summed E-state index contributed by atoms with van der Waals surface area (Å²) in [6.07, 6.45) is 1.14. The van der Waals surface area contributed by atoms with Crippen molar-refractivity contribution in [1.82, 2.24) is 0 Å². The predicted molar refractivity (Wildman–Crippen MR) is 62.6 cm³/mol. The minimum Gasteiger partial charge on any atom is -0.0613 e. The van der Waals surface area contributed by atoms with Crippen molar-refractivity contribution in [3.8, 4) is 0 Å². The maximum Gasteiger partial charge on any atom is 0.0133 e. The van der Waals surface area contributed by atoms with Gasteiger partial charge in [0.1, 0.15) is 0 Å². The summed E-state index contributed by atoms with van der Waals surface area (Å²) in [5.74, 6) is 0.648. The van der Waals surface area contributed by atoms with E-state index in [0.29, 0.717) is 5.92 Å². The SMILES string of the molecule is CCc1ccc(I)cc1C(C)C. The monoisotopic (exact) mass is 274 g/mol. The summed E-state index contributed by atoms with van der Waals surface area (Å²) in [4.78, 5) is 0. The molecule has 0 unspecified atom stereocenters. The van der Waals surface area contributed by atoms with E-state index in [9.17, 15) is 0 Å². The Labute approximate surface area is 88.5 Å². The van der Waals surface area contributed by atoms with Crippen LogP contribution >= 0.6 is 22.6 Å². The Morgan fingerprint density at radius 1 is 1.33 bits per heavy atom. The Bertz CT molecular complexity index is 264. The van der Waals surface area contributed by atoms with E-state index in [-0.39, 0.29) is 0 Å². The van der Waals surface area contributed by atoms with E-state index < -0.39 is 0 Å². The van der Waals surface area contributed by atoms with Gasteiger partial charge in [-0.05, 0) is 58.2 Å². The molecule has 0 saturated carbocycles. The molecule has 0 heterocycles. The molecule has 1 rings (SSSR count). The third-order valence-electron chi connectivity index (χ3n) is 2.11. The maximum atomic E-state index is 2.37. The van der Waals surface area contributed by atoms with Crippen LogP contribution in [0.2, 0.25) is 0 Å². The van der Waals surface area contributed by atoms with Crippen LogP contribution in [0.25, 0.3) is 0 Å². The summed E-state index contributed by atoms with van der Waals surface area (Å²) in [7, 11) is 0. The highest BCUT2D eigenvalue weighted by Gasteiger charge is 2.04. The lowest BCUT2D eigenvalue weighted by molar-refractivity contribution is 0.843. The Balaban J connectivity index is 3.12. The average Bonchev–Trinajstić information content (AvgIpc) is 2.04. The van der Waals surface area contributed by atoms with Gasteiger partial charge < -0.3 is 0 Å². The molecule has 1 aromatic rings. The van der Waals surface area contributed by atoms with Gasteiger partial charge in [0.15, 0.2) is 0 Å². The number of halogens is 1. The molecular weight excluding hydrogens is 259 g/mol. The average molecular weight is 274 g/mol. The summed E-state index contributed by atoms with van der Waals surface area (Å²) in [5.41, 5.74) is 3.00. The quantitative estimate of drug-likeness (QED) is 0.716. The lowest BCUT2D eigenvalue weighted by atomic mass is 9.96. The van der Waals surface area contributed by atoms with Gasteiger partial charge in [-0.25, -0.2) is 0 Å². The van der Waals surface area contributed by atoms with Gasteiger partial charge in [0.2, 0.25) is 0 Å². The van der Waals surface area contributed by atoms with Gasteiger partial charge in [-0.1, -0.05) is 26.8 Å². The van der Waals surface area contributed by atoms with Crippen LogP contribution in [-0.2, 0) is 6.42 Å². The van der Waals surface area contributed by atoms with E-state index >= 15 is 0 Å². The van der Waals surface area contributed by atoms with Gasteiger partial charge in [-0.2, -0.15) is 0 Å². The molecule has 0 saturated heterocycles. The normalized spacial score (nSPS) is 10.8. The highest BCUT2D eigenvalue weighted by atomic mass is 127. The number of hydrogen-bond donors (Lipinski definition) is 0. The van der Waals surface area contributed by atoms with Gasteiger partial charge in [0, 0.05) is 3.57 Å². The highest BCUT2D eigenvalue weighted by Crippen LogP contribution is 2.22. The number of hydrogen-bond acceptors (Lipinski definition) is 0. The van der Waals surface area contributed by atoms with Gasteiger partial charge in [-0.15, -0.1) is 0 Å². The van der Waals surface area contributed by atoms with Gasteiger partial charge >= 0.3 is 0 Å². The van der Waals surface area contributed by atoms with Crippen LogP contribution in [-0.4, -0.2) is 0 Å². The van der Waals surface area contributed by atoms with Gasteiger partial charge in [-0.3, -0.25) is 0 Å². The first-order chi connectivity index (χ1) is 5.65. The number of rotatable bonds is 2. The lowest BCUT2D eigenvalue weighted by Crippen LogP contribution is -1.95. The van der Waals surface area contributed by atoms with Crippen molar-refractivity contribution in [2.75, 3.05) is 0 Å². The summed E-state index contributed by atoms with van der Waals surface area (Å²) in [6.45, 7) is 6.73. The molecule has 0 N–H and O–H groups in total. The topological polar surface area (TPSA) is 0 Å². The van der Waals surface area contributed by atoms with Crippen molar-refractivity contribution >= 4 is 22.6 Å². The standard InChI is InChI=1S/C11H15I/c1-4-9-5-6-10(12)7-11(9)8(2)3/h5-8H,4H2,1-3H3. The fourth-order valence-electron chi connectivity index (χ4n) is 1.43. The van der Waals surface area contributed by atoms with Crippen molar-refractivity contribution in [2.45, 2.75) is 33.1 Å². The van der Waals surface area contributed by atoms with Crippen LogP contribution in [0.15, 0.2) is 18.2 Å². The third kappa shape index (κ3) is 2.22. The van der Waals surface area contributed by atoms with Gasteiger partial charge in [0.05, 0.1) is 0 Å². The zero-order chi connectivity index (χ0) is 9.14.